The summed E-state index contributed by atoms with van der Waals surface area (Å²) in [6, 6.07) is 5.55. The summed E-state index contributed by atoms with van der Waals surface area (Å²) in [5.74, 6) is -0.297. The molecular weight excluding hydrogens is 246 g/mol. The molecule has 2 aromatic heterocycles. The lowest BCUT2D eigenvalue weighted by Crippen LogP contribution is -2.01. The second kappa shape index (κ2) is 4.24. The minimum absolute atomic E-state index is 0.0920. The van der Waals surface area contributed by atoms with Gasteiger partial charge in [0.1, 0.15) is 5.52 Å². The van der Waals surface area contributed by atoms with Crippen molar-refractivity contribution in [2.75, 3.05) is 0 Å². The molecule has 0 bridgehead atoms. The van der Waals surface area contributed by atoms with E-state index < -0.39 is 5.97 Å². The molecule has 0 aliphatic carbocycles. The van der Waals surface area contributed by atoms with E-state index in [4.69, 9.17) is 9.52 Å². The van der Waals surface area contributed by atoms with Crippen LogP contribution in [0.1, 0.15) is 11.6 Å². The number of oxazole rings is 1. The van der Waals surface area contributed by atoms with E-state index in [2.05, 4.69) is 15.2 Å². The summed E-state index contributed by atoms with van der Waals surface area (Å²) in [5.41, 5.74) is 3.67. The van der Waals surface area contributed by atoms with Gasteiger partial charge in [0, 0.05) is 12.5 Å². The molecule has 0 saturated carbocycles. The van der Waals surface area contributed by atoms with Gasteiger partial charge in [-0.25, -0.2) is 4.98 Å². The Kier molecular flexibility index (Phi) is 2.56. The van der Waals surface area contributed by atoms with Crippen LogP contribution in [0.25, 0.3) is 22.2 Å². The summed E-state index contributed by atoms with van der Waals surface area (Å²) in [7, 11) is 0. The minimum atomic E-state index is -0.899. The molecule has 2 N–H and O–H groups in total. The summed E-state index contributed by atoms with van der Waals surface area (Å²) in [6.45, 7) is 1.79. The number of aromatic amines is 1. The molecule has 0 unspecified atom stereocenters. The Morgan fingerprint density at radius 3 is 3.11 bits per heavy atom. The minimum Gasteiger partial charge on any atom is -0.481 e. The van der Waals surface area contributed by atoms with Crippen LogP contribution in [0.15, 0.2) is 28.8 Å². The molecule has 0 fully saturated rings. The second-order valence-corrected chi connectivity index (χ2v) is 4.25. The number of rotatable bonds is 3. The third-order valence-electron chi connectivity index (χ3n) is 2.85. The zero-order valence-electron chi connectivity index (χ0n) is 10.2. The monoisotopic (exact) mass is 257 g/mol. The average molecular weight is 257 g/mol. The van der Waals surface area contributed by atoms with Crippen molar-refractivity contribution < 1.29 is 14.3 Å². The van der Waals surface area contributed by atoms with Crippen molar-refractivity contribution in [3.63, 3.8) is 0 Å². The van der Waals surface area contributed by atoms with Gasteiger partial charge in [-0.05, 0) is 17.7 Å². The van der Waals surface area contributed by atoms with Gasteiger partial charge in [-0.3, -0.25) is 9.89 Å². The molecule has 0 atom stereocenters. The first kappa shape index (κ1) is 11.5. The number of nitrogens with zero attached hydrogens (tertiary/aromatic N) is 2. The van der Waals surface area contributed by atoms with Gasteiger partial charge in [-0.15, -0.1) is 0 Å². The summed E-state index contributed by atoms with van der Waals surface area (Å²) in [5, 5.41) is 15.5. The third kappa shape index (κ3) is 2.08. The molecule has 2 heterocycles. The first-order valence-electron chi connectivity index (χ1n) is 5.75. The summed E-state index contributed by atoms with van der Waals surface area (Å²) in [4.78, 5) is 15.1. The van der Waals surface area contributed by atoms with E-state index in [1.54, 1.807) is 13.1 Å². The van der Waals surface area contributed by atoms with Crippen LogP contribution in [0.3, 0.4) is 0 Å². The summed E-state index contributed by atoms with van der Waals surface area (Å²) < 4.78 is 5.41. The average Bonchev–Trinajstić information content (AvgIpc) is 2.92. The smallest absolute Gasteiger partial charge is 0.309 e. The van der Waals surface area contributed by atoms with Crippen LogP contribution in [0.5, 0.6) is 0 Å². The Balaban J connectivity index is 2.08. The zero-order chi connectivity index (χ0) is 13.4. The van der Waals surface area contributed by atoms with E-state index in [-0.39, 0.29) is 6.42 Å². The van der Waals surface area contributed by atoms with Crippen LogP contribution in [0, 0.1) is 6.92 Å². The van der Waals surface area contributed by atoms with Gasteiger partial charge in [0.05, 0.1) is 18.3 Å². The topological polar surface area (TPSA) is 92.0 Å². The number of fused-ring (bicyclic) bond motifs is 1. The Morgan fingerprint density at radius 2 is 2.32 bits per heavy atom. The van der Waals surface area contributed by atoms with Crippen molar-refractivity contribution in [1.29, 1.82) is 0 Å². The van der Waals surface area contributed by atoms with Gasteiger partial charge in [-0.2, -0.15) is 5.10 Å². The molecule has 6 heteroatoms. The van der Waals surface area contributed by atoms with Crippen LogP contribution in [0.2, 0.25) is 0 Å². The molecule has 6 nitrogen and oxygen atoms in total. The first-order chi connectivity index (χ1) is 9.13. The second-order valence-electron chi connectivity index (χ2n) is 4.25. The Bertz CT molecular complexity index is 757. The van der Waals surface area contributed by atoms with Crippen LogP contribution < -0.4 is 0 Å². The zero-order valence-corrected chi connectivity index (χ0v) is 10.2. The van der Waals surface area contributed by atoms with Crippen molar-refractivity contribution in [2.24, 2.45) is 0 Å². The van der Waals surface area contributed by atoms with E-state index in [1.807, 2.05) is 18.2 Å². The van der Waals surface area contributed by atoms with Gasteiger partial charge >= 0.3 is 5.97 Å². The standard InChI is InChI=1S/C13H11N3O3/c1-7-15-11-4-8(2-3-12(11)19-7)9-6-14-16-10(9)5-13(17)18/h2-4,6H,5H2,1H3,(H,14,16)(H,17,18). The van der Waals surface area contributed by atoms with Gasteiger partial charge in [0.15, 0.2) is 11.5 Å². The van der Waals surface area contributed by atoms with Crippen molar-refractivity contribution in [2.45, 2.75) is 13.3 Å². The lowest BCUT2D eigenvalue weighted by molar-refractivity contribution is -0.136. The fourth-order valence-electron chi connectivity index (χ4n) is 2.06. The van der Waals surface area contributed by atoms with E-state index in [1.165, 1.54) is 0 Å². The fraction of sp³-hybridized carbons (Fsp3) is 0.154. The Labute approximate surface area is 108 Å². The molecule has 19 heavy (non-hydrogen) atoms. The largest absolute Gasteiger partial charge is 0.481 e. The number of aliphatic carboxylic acids is 1. The van der Waals surface area contributed by atoms with Crippen molar-refractivity contribution in [3.8, 4) is 11.1 Å². The molecule has 0 spiro atoms. The maximum Gasteiger partial charge on any atom is 0.309 e. The fourth-order valence-corrected chi connectivity index (χ4v) is 2.06. The maximum atomic E-state index is 10.8. The molecule has 0 amide bonds. The predicted octanol–water partition coefficient (Wildman–Crippen LogP) is 2.15. The molecule has 0 aliphatic rings. The highest BCUT2D eigenvalue weighted by molar-refractivity contribution is 5.82. The highest BCUT2D eigenvalue weighted by atomic mass is 16.4. The number of aryl methyl sites for hydroxylation is 1. The predicted molar refractivity (Wildman–Crippen MR) is 67.7 cm³/mol. The number of carboxylic acid groups (broad SMARTS) is 1. The first-order valence-corrected chi connectivity index (χ1v) is 5.75. The van der Waals surface area contributed by atoms with Crippen LogP contribution >= 0.6 is 0 Å². The third-order valence-corrected chi connectivity index (χ3v) is 2.85. The highest BCUT2D eigenvalue weighted by Gasteiger charge is 2.12. The van der Waals surface area contributed by atoms with Crippen LogP contribution in [-0.4, -0.2) is 26.3 Å². The van der Waals surface area contributed by atoms with Gasteiger partial charge in [-0.1, -0.05) is 6.07 Å². The molecule has 3 rings (SSSR count). The Morgan fingerprint density at radius 1 is 1.47 bits per heavy atom. The molecular formula is C13H11N3O3. The van der Waals surface area contributed by atoms with Crippen molar-refractivity contribution in [1.82, 2.24) is 15.2 Å². The quantitative estimate of drug-likeness (QED) is 0.750. The molecule has 0 radical (unpaired) electrons. The number of aromatic nitrogens is 3. The SMILES string of the molecule is Cc1nc2cc(-c3cn[nH]c3CC(=O)O)ccc2o1. The number of nitrogens with one attached hydrogen (secondary N) is 1. The molecule has 0 saturated heterocycles. The maximum absolute atomic E-state index is 10.8. The molecule has 0 aliphatic heterocycles. The molecule has 96 valence electrons. The lowest BCUT2D eigenvalue weighted by Gasteiger charge is -2.00. The normalized spacial score (nSPS) is 11.0. The highest BCUT2D eigenvalue weighted by Crippen LogP contribution is 2.26. The van der Waals surface area contributed by atoms with Crippen LogP contribution in [-0.2, 0) is 11.2 Å². The van der Waals surface area contributed by atoms with Gasteiger partial charge < -0.3 is 9.52 Å². The van der Waals surface area contributed by atoms with E-state index >= 15 is 0 Å². The Hall–Kier alpha value is -2.63. The van der Waals surface area contributed by atoms with E-state index in [0.717, 1.165) is 16.6 Å². The number of carboxylic acids is 1. The number of hydrogen-bond donors (Lipinski definition) is 2. The van der Waals surface area contributed by atoms with E-state index in [9.17, 15) is 4.79 Å². The van der Waals surface area contributed by atoms with Gasteiger partial charge in [0.25, 0.3) is 0 Å². The summed E-state index contributed by atoms with van der Waals surface area (Å²) >= 11 is 0. The number of H-pyrrole nitrogens is 1. The van der Waals surface area contributed by atoms with Crippen LogP contribution in [0.4, 0.5) is 0 Å². The van der Waals surface area contributed by atoms with Crippen molar-refractivity contribution >= 4 is 17.1 Å². The van der Waals surface area contributed by atoms with E-state index in [0.29, 0.717) is 17.2 Å². The molecule has 3 aromatic rings. The van der Waals surface area contributed by atoms with Crippen molar-refractivity contribution in [3.05, 3.63) is 36.0 Å². The lowest BCUT2D eigenvalue weighted by atomic mass is 10.0. The van der Waals surface area contributed by atoms with Gasteiger partial charge in [0.2, 0.25) is 0 Å². The molecule has 1 aromatic carbocycles. The number of carbonyl (C=O) groups is 1. The summed E-state index contributed by atoms with van der Waals surface area (Å²) in [6.07, 6.45) is 1.53. The number of benzene rings is 1. The number of hydrogen-bond acceptors (Lipinski definition) is 4.